The van der Waals surface area contributed by atoms with E-state index in [0.29, 0.717) is 5.56 Å². The first-order chi connectivity index (χ1) is 11.3. The Morgan fingerprint density at radius 3 is 2.17 bits per heavy atom. The molecule has 122 valence electrons. The van der Waals surface area contributed by atoms with Crippen molar-refractivity contribution in [3.63, 3.8) is 0 Å². The van der Waals surface area contributed by atoms with Gasteiger partial charge in [0.1, 0.15) is 5.56 Å². The Kier molecular flexibility index (Phi) is 4.69. The van der Waals surface area contributed by atoms with Gasteiger partial charge < -0.3 is 15.2 Å². The molecule has 0 fully saturated rings. The van der Waals surface area contributed by atoms with Crippen LogP contribution in [0, 0.1) is 10.1 Å². The largest absolute Gasteiger partial charge is 0.545 e. The lowest BCUT2D eigenvalue weighted by molar-refractivity contribution is -0.385. The second-order valence-corrected chi connectivity index (χ2v) is 4.83. The van der Waals surface area contributed by atoms with Crippen LogP contribution in [0.3, 0.4) is 0 Å². The molecule has 2 aromatic rings. The highest BCUT2D eigenvalue weighted by atomic mass is 16.6. The van der Waals surface area contributed by atoms with Crippen LogP contribution in [0.2, 0.25) is 0 Å². The zero-order chi connectivity index (χ0) is 17.9. The zero-order valence-electron chi connectivity index (χ0n) is 12.4. The highest BCUT2D eigenvalue weighted by Gasteiger charge is 2.24. The molecule has 0 bridgehead atoms. The first-order valence-electron chi connectivity index (χ1n) is 6.72. The summed E-state index contributed by atoms with van der Waals surface area (Å²) in [5.74, 6) is -2.82. The number of carboxylic acid groups (broad SMARTS) is 1. The van der Waals surface area contributed by atoms with Gasteiger partial charge in [0.05, 0.1) is 10.9 Å². The van der Waals surface area contributed by atoms with E-state index in [1.54, 1.807) is 0 Å². The summed E-state index contributed by atoms with van der Waals surface area (Å²) in [5, 5.41) is 24.5. The quantitative estimate of drug-likeness (QED) is 0.502. The van der Waals surface area contributed by atoms with E-state index in [-0.39, 0.29) is 11.5 Å². The lowest BCUT2D eigenvalue weighted by Gasteiger charge is -2.11. The van der Waals surface area contributed by atoms with E-state index in [9.17, 15) is 29.6 Å². The minimum absolute atomic E-state index is 0.161. The normalized spacial score (nSPS) is 10.0. The van der Waals surface area contributed by atoms with E-state index in [1.165, 1.54) is 31.2 Å². The molecular formula is C16H11N2O6-. The molecule has 0 saturated heterocycles. The lowest BCUT2D eigenvalue weighted by atomic mass is 10.0. The van der Waals surface area contributed by atoms with Crippen LogP contribution < -0.4 is 10.4 Å². The van der Waals surface area contributed by atoms with Gasteiger partial charge in [-0.05, 0) is 31.2 Å². The van der Waals surface area contributed by atoms with Crippen molar-refractivity contribution in [1.29, 1.82) is 0 Å². The number of nitro benzene ring substituents is 1. The van der Waals surface area contributed by atoms with Gasteiger partial charge >= 0.3 is 0 Å². The Morgan fingerprint density at radius 2 is 1.67 bits per heavy atom. The second kappa shape index (κ2) is 6.69. The number of anilines is 1. The van der Waals surface area contributed by atoms with E-state index in [4.69, 9.17) is 0 Å². The maximum Gasteiger partial charge on any atom is 0.282 e. The van der Waals surface area contributed by atoms with Gasteiger partial charge in [-0.25, -0.2) is 0 Å². The molecule has 0 saturated carbocycles. The number of carboxylic acids is 1. The first kappa shape index (κ1) is 16.8. The van der Waals surface area contributed by atoms with E-state index in [2.05, 4.69) is 5.32 Å². The molecule has 24 heavy (non-hydrogen) atoms. The predicted octanol–water partition coefficient (Wildman–Crippen LogP) is 1.41. The van der Waals surface area contributed by atoms with Crippen LogP contribution in [0.4, 0.5) is 11.4 Å². The fraction of sp³-hybridized carbons (Fsp3) is 0.0625. The molecule has 1 N–H and O–H groups in total. The topological polar surface area (TPSA) is 129 Å². The predicted molar refractivity (Wildman–Crippen MR) is 81.8 cm³/mol. The Balaban J connectivity index is 2.40. The fourth-order valence-corrected chi connectivity index (χ4v) is 2.08. The summed E-state index contributed by atoms with van der Waals surface area (Å²) in [6.45, 7) is 1.38. The number of amides is 1. The Morgan fingerprint density at radius 1 is 1.04 bits per heavy atom. The molecule has 8 nitrogen and oxygen atoms in total. The molecule has 0 aliphatic heterocycles. The van der Waals surface area contributed by atoms with Gasteiger partial charge in [0.15, 0.2) is 5.78 Å². The van der Waals surface area contributed by atoms with Crippen LogP contribution >= 0.6 is 0 Å². The van der Waals surface area contributed by atoms with Crippen LogP contribution in [0.15, 0.2) is 42.5 Å². The molecule has 0 radical (unpaired) electrons. The van der Waals surface area contributed by atoms with Gasteiger partial charge in [-0.3, -0.25) is 19.7 Å². The third-order valence-corrected chi connectivity index (χ3v) is 3.24. The molecule has 0 unspecified atom stereocenters. The third-order valence-electron chi connectivity index (χ3n) is 3.24. The molecule has 0 aliphatic carbocycles. The van der Waals surface area contributed by atoms with E-state index >= 15 is 0 Å². The molecule has 0 heterocycles. The van der Waals surface area contributed by atoms with Crippen LogP contribution in [0.5, 0.6) is 0 Å². The average molecular weight is 327 g/mol. The van der Waals surface area contributed by atoms with E-state index < -0.39 is 33.6 Å². The van der Waals surface area contributed by atoms with Crippen molar-refractivity contribution >= 4 is 29.0 Å². The minimum Gasteiger partial charge on any atom is -0.545 e. The van der Waals surface area contributed by atoms with Gasteiger partial charge in [-0.15, -0.1) is 0 Å². The van der Waals surface area contributed by atoms with Crippen molar-refractivity contribution in [2.75, 3.05) is 5.32 Å². The monoisotopic (exact) mass is 327 g/mol. The summed E-state index contributed by atoms with van der Waals surface area (Å²) in [5.41, 5.74) is -1.14. The number of nitrogens with zero attached hydrogens (tertiary/aromatic N) is 1. The summed E-state index contributed by atoms with van der Waals surface area (Å²) >= 11 is 0. The number of Topliss-reactive ketones (excluding diaryl/α,β-unsaturated/α-hetero) is 1. The van der Waals surface area contributed by atoms with Crippen molar-refractivity contribution in [3.05, 3.63) is 69.3 Å². The van der Waals surface area contributed by atoms with Crippen LogP contribution in [0.25, 0.3) is 0 Å². The van der Waals surface area contributed by atoms with Crippen molar-refractivity contribution in [2.24, 2.45) is 0 Å². The summed E-state index contributed by atoms with van der Waals surface area (Å²) in [6.07, 6.45) is 0. The SMILES string of the molecule is CC(=O)c1ccc(NC(=O)c2c(C(=O)[O-])cccc2[N+](=O)[O-])cc1. The molecule has 8 heteroatoms. The van der Waals surface area contributed by atoms with Crippen molar-refractivity contribution < 1.29 is 24.4 Å². The molecule has 2 aromatic carbocycles. The third kappa shape index (κ3) is 3.43. The highest BCUT2D eigenvalue weighted by molar-refractivity contribution is 6.13. The number of rotatable bonds is 5. The van der Waals surface area contributed by atoms with E-state index in [1.807, 2.05) is 0 Å². The van der Waals surface area contributed by atoms with Crippen molar-refractivity contribution in [2.45, 2.75) is 6.92 Å². The summed E-state index contributed by atoms with van der Waals surface area (Å²) in [7, 11) is 0. The molecule has 0 aliphatic rings. The fourth-order valence-electron chi connectivity index (χ4n) is 2.08. The molecule has 0 aromatic heterocycles. The number of benzene rings is 2. The molecule has 0 spiro atoms. The summed E-state index contributed by atoms with van der Waals surface area (Å²) in [6, 6.07) is 9.04. The molecule has 0 atom stereocenters. The standard InChI is InChI=1S/C16H12N2O6/c1-9(19)10-5-7-11(8-6-10)17-15(20)14-12(16(21)22)3-2-4-13(14)18(23)24/h2-8H,1H3,(H,17,20)(H,21,22)/p-1. The summed E-state index contributed by atoms with van der Waals surface area (Å²) in [4.78, 5) is 44.8. The number of nitro groups is 1. The second-order valence-electron chi connectivity index (χ2n) is 4.83. The first-order valence-corrected chi connectivity index (χ1v) is 6.72. The van der Waals surface area contributed by atoms with Gasteiger partial charge in [0.25, 0.3) is 11.6 Å². The number of nitrogens with one attached hydrogen (secondary N) is 1. The van der Waals surface area contributed by atoms with Crippen molar-refractivity contribution in [1.82, 2.24) is 0 Å². The van der Waals surface area contributed by atoms with Gasteiger partial charge in [-0.1, -0.05) is 12.1 Å². The minimum atomic E-state index is -1.70. The van der Waals surface area contributed by atoms with Gasteiger partial charge in [0.2, 0.25) is 0 Å². The number of ketones is 1. The van der Waals surface area contributed by atoms with Crippen molar-refractivity contribution in [3.8, 4) is 0 Å². The Hall–Kier alpha value is -3.55. The Bertz CT molecular complexity index is 810. The van der Waals surface area contributed by atoms with Crippen LogP contribution in [0.1, 0.15) is 38.0 Å². The van der Waals surface area contributed by atoms with Gasteiger partial charge in [0, 0.05) is 22.9 Å². The Labute approximate surface area is 135 Å². The van der Waals surface area contributed by atoms with Crippen LogP contribution in [-0.4, -0.2) is 22.6 Å². The van der Waals surface area contributed by atoms with Crippen LogP contribution in [-0.2, 0) is 0 Å². The highest BCUT2D eigenvalue weighted by Crippen LogP contribution is 2.23. The number of carbonyl (C=O) groups excluding carboxylic acids is 3. The molecule has 2 rings (SSSR count). The molecule has 1 amide bonds. The maximum atomic E-state index is 12.3. The average Bonchev–Trinajstić information content (AvgIpc) is 2.54. The number of hydrogen-bond acceptors (Lipinski definition) is 6. The summed E-state index contributed by atoms with van der Waals surface area (Å²) < 4.78 is 0. The maximum absolute atomic E-state index is 12.3. The van der Waals surface area contributed by atoms with Gasteiger partial charge in [-0.2, -0.15) is 0 Å². The molecular weight excluding hydrogens is 316 g/mol. The number of aromatic carboxylic acids is 1. The number of carbonyl (C=O) groups is 3. The van der Waals surface area contributed by atoms with E-state index in [0.717, 1.165) is 18.2 Å². The number of hydrogen-bond donors (Lipinski definition) is 1. The smallest absolute Gasteiger partial charge is 0.282 e. The lowest BCUT2D eigenvalue weighted by Crippen LogP contribution is -2.27. The zero-order valence-corrected chi connectivity index (χ0v) is 12.4.